The first-order chi connectivity index (χ1) is 44.7. The number of nitrogens with two attached hydrogens (primary N) is 5. The number of rotatable bonds is 37. The zero-order chi connectivity index (χ0) is 69.0. The fourth-order valence-corrected chi connectivity index (χ4v) is 9.70. The molecule has 0 spiro atoms. The van der Waals surface area contributed by atoms with E-state index in [9.17, 15) is 67.7 Å². The van der Waals surface area contributed by atoms with Gasteiger partial charge in [-0.25, -0.2) is 0 Å². The molecular weight excluding hydrogens is 1220 g/mol. The number of carbonyl (C=O) groups excluding carboxylic acids is 12. The van der Waals surface area contributed by atoms with Crippen LogP contribution in [-0.2, 0) is 83.2 Å². The number of phenolic OH excluding ortho intramolecular Hbond substituents is 1. The van der Waals surface area contributed by atoms with Crippen molar-refractivity contribution in [3.63, 3.8) is 0 Å². The first-order valence-electron chi connectivity index (χ1n) is 30.0. The van der Waals surface area contributed by atoms with Gasteiger partial charge in [0.1, 0.15) is 54.1 Å². The number of para-hydroxylation sites is 1. The summed E-state index contributed by atoms with van der Waals surface area (Å²) >= 11 is 0. The molecule has 0 bridgehead atoms. The number of aromatic amines is 1. The van der Waals surface area contributed by atoms with Crippen LogP contribution in [0.25, 0.3) is 10.9 Å². The van der Waals surface area contributed by atoms with Gasteiger partial charge in [0.25, 0.3) is 0 Å². The SMILES string of the molecule is CN=C(N)NCC[C@H](NC(=O)[C@H](CC(C)C)NC(=O)CNC(=O)[C@H](Cc1ccccc1)NC(=O)[C@H](CO)NC(=O)[C@H](CC(N)=O)NC(=O)[C@H](Cc1c[nH]c2ccccc12)NC(=O)[C@H](CC(N)=O)NC(=O)[C@@H](N)Cc1ccc(O)cc1)C(=O)N[C@@H](Cc1ccccc1)C(N)=O. The van der Waals surface area contributed by atoms with Crippen molar-refractivity contribution in [3.8, 4) is 5.75 Å². The molecule has 0 saturated carbocycles. The molecule has 31 heteroatoms. The van der Waals surface area contributed by atoms with Crippen LogP contribution in [-0.4, -0.2) is 173 Å². The van der Waals surface area contributed by atoms with Crippen molar-refractivity contribution in [2.24, 2.45) is 39.6 Å². The highest BCUT2D eigenvalue weighted by Crippen LogP contribution is 2.20. The number of fused-ring (bicyclic) bond motifs is 1. The van der Waals surface area contributed by atoms with Gasteiger partial charge in [-0.2, -0.15) is 0 Å². The average Bonchev–Trinajstić information content (AvgIpc) is 1.68. The molecule has 0 saturated heterocycles. The molecule has 0 unspecified atom stereocenters. The van der Waals surface area contributed by atoms with E-state index in [-0.39, 0.29) is 62.7 Å². The van der Waals surface area contributed by atoms with Gasteiger partial charge in [0, 0.05) is 50.0 Å². The second-order valence-corrected chi connectivity index (χ2v) is 22.6. The lowest BCUT2D eigenvalue weighted by Gasteiger charge is -2.27. The van der Waals surface area contributed by atoms with Crippen LogP contribution in [0.4, 0.5) is 0 Å². The Morgan fingerprint density at radius 2 is 0.947 bits per heavy atom. The summed E-state index contributed by atoms with van der Waals surface area (Å²) in [5.41, 5.74) is 31.5. The third-order valence-electron chi connectivity index (χ3n) is 14.6. The van der Waals surface area contributed by atoms with Crippen LogP contribution in [0, 0.1) is 5.92 Å². The number of nitrogens with one attached hydrogen (secondary N) is 11. The molecule has 5 aromatic rings. The van der Waals surface area contributed by atoms with Gasteiger partial charge in [-0.05, 0) is 65.6 Å². The predicted octanol–water partition coefficient (Wildman–Crippen LogP) is -4.34. The molecule has 0 aliphatic rings. The number of H-pyrrole nitrogens is 1. The maximum Gasteiger partial charge on any atom is 0.245 e. The van der Waals surface area contributed by atoms with Gasteiger partial charge < -0.3 is 97.0 Å². The lowest BCUT2D eigenvalue weighted by atomic mass is 10.0. The van der Waals surface area contributed by atoms with Crippen LogP contribution in [0.2, 0.25) is 0 Å². The minimum absolute atomic E-state index is 0.0304. The standard InChI is InChI=1S/C63H83N17O14/c1-34(2)24-45(58(90)74-43(22-23-70-63(68)69-3)57(89)75-44(54(67)86)26-35-12-6-4-7-13-35)73-53(85)32-72-56(88)46(27-36-14-8-5-9-15-36)77-62(94)50(33-81)80-61(93)49(30-52(66)84)79-59(91)47(28-38-31-71-42-17-11-10-16-40(38)42)78-60(92)48(29-51(65)83)76-55(87)41(64)25-37-18-20-39(82)21-19-37/h4-21,31,34,41,43-50,71,81-82H,22-30,32-33,64H2,1-3H3,(H2,65,83)(H2,66,84)(H2,67,86)(H,72,88)(H,73,85)(H,74,90)(H,75,89)(H,76,87)(H,77,94)(H,78,92)(H,79,91)(H,80,93)(H3,68,69,70)/t41-,43-,44-,45-,46-,47-,48-,49-,50-/m0/s1. The second kappa shape index (κ2) is 36.8. The van der Waals surface area contributed by atoms with Crippen LogP contribution in [0.5, 0.6) is 5.75 Å². The third-order valence-corrected chi connectivity index (χ3v) is 14.6. The molecule has 0 fully saturated rings. The lowest BCUT2D eigenvalue weighted by Crippen LogP contribution is -2.61. The monoisotopic (exact) mass is 1300 g/mol. The van der Waals surface area contributed by atoms with Gasteiger partial charge in [0.15, 0.2) is 5.96 Å². The minimum Gasteiger partial charge on any atom is -0.508 e. The molecular formula is C63H83N17O14. The minimum atomic E-state index is -1.91. The molecule has 5 rings (SSSR count). The zero-order valence-corrected chi connectivity index (χ0v) is 52.1. The van der Waals surface area contributed by atoms with Crippen molar-refractivity contribution in [1.29, 1.82) is 0 Å². The fraction of sp³-hybridized carbons (Fsp3) is 0.381. The van der Waals surface area contributed by atoms with E-state index in [1.54, 1.807) is 105 Å². The van der Waals surface area contributed by atoms with E-state index in [4.69, 9.17) is 28.7 Å². The number of primary amides is 3. The van der Waals surface area contributed by atoms with Crippen LogP contribution < -0.4 is 81.8 Å². The second-order valence-electron chi connectivity index (χ2n) is 22.6. The number of aromatic hydroxyl groups is 1. The molecule has 0 aliphatic carbocycles. The van der Waals surface area contributed by atoms with E-state index in [0.29, 0.717) is 33.2 Å². The third kappa shape index (κ3) is 24.3. The van der Waals surface area contributed by atoms with E-state index in [2.05, 4.69) is 63.1 Å². The molecule has 1 aromatic heterocycles. The smallest absolute Gasteiger partial charge is 0.245 e. The number of carbonyl (C=O) groups is 12. The number of benzene rings is 4. The Balaban J connectivity index is 1.30. The number of amides is 12. The molecule has 94 heavy (non-hydrogen) atoms. The van der Waals surface area contributed by atoms with Gasteiger partial charge in [-0.15, -0.1) is 0 Å². The highest BCUT2D eigenvalue weighted by atomic mass is 16.3. The average molecular weight is 1300 g/mol. The van der Waals surface area contributed by atoms with Crippen LogP contribution >= 0.6 is 0 Å². The summed E-state index contributed by atoms with van der Waals surface area (Å²) in [4.78, 5) is 170. The lowest BCUT2D eigenvalue weighted by molar-refractivity contribution is -0.136. The summed E-state index contributed by atoms with van der Waals surface area (Å²) in [5.74, 6) is -12.1. The maximum atomic E-state index is 14.5. The molecule has 1 heterocycles. The van der Waals surface area contributed by atoms with Crippen LogP contribution in [0.1, 0.15) is 61.8 Å². The molecule has 504 valence electrons. The molecule has 23 N–H and O–H groups in total. The summed E-state index contributed by atoms with van der Waals surface area (Å²) in [7, 11) is 1.43. The van der Waals surface area contributed by atoms with Crippen molar-refractivity contribution < 1.29 is 67.7 Å². The zero-order valence-electron chi connectivity index (χ0n) is 52.1. The van der Waals surface area contributed by atoms with Crippen LogP contribution in [0.15, 0.2) is 120 Å². The highest BCUT2D eigenvalue weighted by Gasteiger charge is 2.36. The number of nitrogens with zero attached hydrogens (tertiary/aromatic N) is 1. The Labute approximate surface area is 541 Å². The number of phenols is 1. The van der Waals surface area contributed by atoms with E-state index in [1.807, 2.05) is 0 Å². The van der Waals surface area contributed by atoms with Gasteiger partial charge in [-0.3, -0.25) is 62.5 Å². The Kier molecular flexibility index (Phi) is 28.9. The molecule has 31 nitrogen and oxygen atoms in total. The number of hydrogen-bond acceptors (Lipinski definition) is 16. The van der Waals surface area contributed by atoms with Crippen molar-refractivity contribution in [1.82, 2.24) is 58.2 Å². The number of guanidine groups is 1. The summed E-state index contributed by atoms with van der Waals surface area (Å²) in [6.07, 6.45) is -0.700. The maximum absolute atomic E-state index is 14.5. The first-order valence-corrected chi connectivity index (χ1v) is 30.0. The van der Waals surface area contributed by atoms with Gasteiger partial charge in [0.2, 0.25) is 70.9 Å². The van der Waals surface area contributed by atoms with Gasteiger partial charge in [-0.1, -0.05) is 105 Å². The molecule has 0 aliphatic heterocycles. The van der Waals surface area contributed by atoms with Gasteiger partial charge >= 0.3 is 0 Å². The van der Waals surface area contributed by atoms with E-state index in [1.165, 1.54) is 31.3 Å². The van der Waals surface area contributed by atoms with Crippen molar-refractivity contribution >= 4 is 87.7 Å². The first kappa shape index (κ1) is 73.8. The quantitative estimate of drug-likeness (QED) is 0.0132. The Bertz CT molecular complexity index is 3480. The largest absolute Gasteiger partial charge is 0.508 e. The van der Waals surface area contributed by atoms with Crippen molar-refractivity contribution in [2.75, 3.05) is 26.7 Å². The topological polar surface area (TPSA) is 524 Å². The normalized spacial score (nSPS) is 14.1. The van der Waals surface area contributed by atoms with Crippen LogP contribution in [0.3, 0.4) is 0 Å². The van der Waals surface area contributed by atoms with Crippen molar-refractivity contribution in [3.05, 3.63) is 138 Å². The molecule has 9 atom stereocenters. The number of hydrogen-bond donors (Lipinski definition) is 18. The van der Waals surface area contributed by atoms with E-state index >= 15 is 0 Å². The summed E-state index contributed by atoms with van der Waals surface area (Å²) in [6, 6.07) is 16.0. The van der Waals surface area contributed by atoms with E-state index < -0.39 is 151 Å². The molecule has 12 amide bonds. The van der Waals surface area contributed by atoms with E-state index in [0.717, 1.165) is 0 Å². The number of aromatic nitrogens is 1. The molecule has 4 aromatic carbocycles. The fourth-order valence-electron chi connectivity index (χ4n) is 9.70. The van der Waals surface area contributed by atoms with Crippen molar-refractivity contribution in [2.45, 2.75) is 120 Å². The van der Waals surface area contributed by atoms with Gasteiger partial charge in [0.05, 0.1) is 32.0 Å². The Morgan fingerprint density at radius 1 is 0.489 bits per heavy atom. The highest BCUT2D eigenvalue weighted by molar-refractivity contribution is 6.00. The summed E-state index contributed by atoms with van der Waals surface area (Å²) in [6.45, 7) is 1.68. The summed E-state index contributed by atoms with van der Waals surface area (Å²) in [5, 5.41) is 45.9. The predicted molar refractivity (Wildman–Crippen MR) is 344 cm³/mol. The number of aliphatic hydroxyl groups is 1. The number of aliphatic imine (C=N–C) groups is 1. The Hall–Kier alpha value is -11.0. The molecule has 0 radical (unpaired) electrons. The number of aliphatic hydroxyl groups excluding tert-OH is 1. The summed E-state index contributed by atoms with van der Waals surface area (Å²) < 4.78 is 0. The Morgan fingerprint density at radius 3 is 1.50 bits per heavy atom.